The molecule has 0 spiro atoms. The average molecular weight is 467 g/mol. The number of nitrogens with one attached hydrogen (secondary N) is 2. The maximum absolute atomic E-state index is 13.5. The Labute approximate surface area is 191 Å². The molecule has 2 N–H and O–H groups in total. The minimum Gasteiger partial charge on any atom is -0.485 e. The van der Waals surface area contributed by atoms with Crippen LogP contribution in [-0.4, -0.2) is 21.4 Å². The first-order valence-corrected chi connectivity index (χ1v) is 10.3. The highest BCUT2D eigenvalue weighted by molar-refractivity contribution is 5.70. The number of anilines is 2. The van der Waals surface area contributed by atoms with Gasteiger partial charge in [0.05, 0.1) is 11.3 Å². The SMILES string of the molecule is Fc1ccc2c(c1)N=CCC2Oc1ccc(-c2nc(Nc3cccc(C(F)(F)F)c3)n[nH]2)cc1. The van der Waals surface area contributed by atoms with Crippen LogP contribution in [0.2, 0.25) is 0 Å². The van der Waals surface area contributed by atoms with Crippen LogP contribution in [0, 0.1) is 5.82 Å². The molecule has 1 aliphatic heterocycles. The third-order valence-electron chi connectivity index (χ3n) is 5.23. The molecule has 0 aliphatic carbocycles. The summed E-state index contributed by atoms with van der Waals surface area (Å²) in [6.45, 7) is 0. The molecule has 172 valence electrons. The number of fused-ring (bicyclic) bond motifs is 1. The van der Waals surface area contributed by atoms with Crippen molar-refractivity contribution in [2.45, 2.75) is 18.7 Å². The van der Waals surface area contributed by atoms with Crippen molar-refractivity contribution in [3.8, 4) is 17.1 Å². The number of hydrogen-bond acceptors (Lipinski definition) is 5. The summed E-state index contributed by atoms with van der Waals surface area (Å²) >= 11 is 0. The first kappa shape index (κ1) is 21.6. The quantitative estimate of drug-likeness (QED) is 0.324. The van der Waals surface area contributed by atoms with E-state index in [1.54, 1.807) is 36.5 Å². The Morgan fingerprint density at radius 1 is 1.00 bits per heavy atom. The van der Waals surface area contributed by atoms with Gasteiger partial charge in [0.25, 0.3) is 0 Å². The molecule has 0 saturated carbocycles. The van der Waals surface area contributed by atoms with Crippen molar-refractivity contribution in [2.24, 2.45) is 4.99 Å². The summed E-state index contributed by atoms with van der Waals surface area (Å²) in [6, 6.07) is 16.3. The van der Waals surface area contributed by atoms with Crippen LogP contribution in [0.1, 0.15) is 23.7 Å². The Morgan fingerprint density at radius 2 is 1.82 bits per heavy atom. The summed E-state index contributed by atoms with van der Waals surface area (Å²) in [5.74, 6) is 0.836. The molecule has 1 atom stereocenters. The fraction of sp³-hybridized carbons (Fsp3) is 0.125. The number of aromatic amines is 1. The number of H-pyrrole nitrogens is 1. The van der Waals surface area contributed by atoms with E-state index >= 15 is 0 Å². The minimum atomic E-state index is -4.44. The van der Waals surface area contributed by atoms with Gasteiger partial charge < -0.3 is 10.1 Å². The summed E-state index contributed by atoms with van der Waals surface area (Å²) in [5.41, 5.74) is 1.54. The van der Waals surface area contributed by atoms with Gasteiger partial charge in [0, 0.05) is 29.4 Å². The van der Waals surface area contributed by atoms with Gasteiger partial charge in [0.15, 0.2) is 5.82 Å². The zero-order chi connectivity index (χ0) is 23.7. The second-order valence-electron chi connectivity index (χ2n) is 7.59. The predicted octanol–water partition coefficient (Wildman–Crippen LogP) is 6.60. The van der Waals surface area contributed by atoms with Gasteiger partial charge >= 0.3 is 6.18 Å². The summed E-state index contributed by atoms with van der Waals surface area (Å²) in [5, 5.41) is 9.56. The van der Waals surface area contributed by atoms with Gasteiger partial charge in [-0.25, -0.2) is 4.39 Å². The Balaban J connectivity index is 1.28. The number of alkyl halides is 3. The Hall–Kier alpha value is -4.21. The molecule has 1 aliphatic rings. The second-order valence-corrected chi connectivity index (χ2v) is 7.59. The van der Waals surface area contributed by atoms with Gasteiger partial charge in [-0.3, -0.25) is 10.1 Å². The van der Waals surface area contributed by atoms with Gasteiger partial charge in [-0.1, -0.05) is 12.1 Å². The van der Waals surface area contributed by atoms with E-state index < -0.39 is 11.7 Å². The fourth-order valence-corrected chi connectivity index (χ4v) is 3.59. The maximum Gasteiger partial charge on any atom is 0.416 e. The van der Waals surface area contributed by atoms with Crippen molar-refractivity contribution in [2.75, 3.05) is 5.32 Å². The molecule has 0 saturated heterocycles. The largest absolute Gasteiger partial charge is 0.485 e. The van der Waals surface area contributed by atoms with E-state index in [0.29, 0.717) is 29.2 Å². The fourth-order valence-electron chi connectivity index (χ4n) is 3.59. The normalized spacial score (nSPS) is 15.1. The lowest BCUT2D eigenvalue weighted by Crippen LogP contribution is -2.11. The molecule has 0 fully saturated rings. The van der Waals surface area contributed by atoms with Gasteiger partial charge in [-0.15, -0.1) is 5.10 Å². The van der Waals surface area contributed by atoms with E-state index in [4.69, 9.17) is 4.74 Å². The predicted molar refractivity (Wildman–Crippen MR) is 119 cm³/mol. The molecule has 34 heavy (non-hydrogen) atoms. The Morgan fingerprint density at radius 3 is 2.62 bits per heavy atom. The van der Waals surface area contributed by atoms with Gasteiger partial charge in [0.1, 0.15) is 17.7 Å². The highest BCUT2D eigenvalue weighted by Crippen LogP contribution is 2.35. The van der Waals surface area contributed by atoms with Crippen molar-refractivity contribution in [1.82, 2.24) is 15.2 Å². The molecule has 1 unspecified atom stereocenters. The van der Waals surface area contributed by atoms with Crippen molar-refractivity contribution in [3.63, 3.8) is 0 Å². The van der Waals surface area contributed by atoms with Gasteiger partial charge in [-0.2, -0.15) is 18.2 Å². The van der Waals surface area contributed by atoms with Crippen LogP contribution in [-0.2, 0) is 6.18 Å². The van der Waals surface area contributed by atoms with Crippen molar-refractivity contribution >= 4 is 23.5 Å². The second kappa shape index (κ2) is 8.62. The average Bonchev–Trinajstić information content (AvgIpc) is 3.27. The zero-order valence-corrected chi connectivity index (χ0v) is 17.5. The number of hydrogen-bond donors (Lipinski definition) is 2. The van der Waals surface area contributed by atoms with Crippen molar-refractivity contribution < 1.29 is 22.3 Å². The first-order chi connectivity index (χ1) is 16.3. The van der Waals surface area contributed by atoms with Crippen LogP contribution in [0.15, 0.2) is 71.7 Å². The number of aromatic nitrogens is 3. The molecule has 4 aromatic rings. The van der Waals surface area contributed by atoms with Crippen molar-refractivity contribution in [1.29, 1.82) is 0 Å². The third-order valence-corrected chi connectivity index (χ3v) is 5.23. The molecule has 0 bridgehead atoms. The zero-order valence-electron chi connectivity index (χ0n) is 17.5. The lowest BCUT2D eigenvalue weighted by Gasteiger charge is -2.22. The van der Waals surface area contributed by atoms with Crippen LogP contribution in [0.3, 0.4) is 0 Å². The summed E-state index contributed by atoms with van der Waals surface area (Å²) in [6.07, 6.45) is -2.46. The standard InChI is InChI=1S/C24H17F4N5O/c25-16-6-9-19-20(13-16)29-11-10-21(19)34-18-7-4-14(5-8-18)22-31-23(33-32-22)30-17-3-1-2-15(12-17)24(26,27)28/h1-9,11-13,21H,10H2,(H2,30,31,32,33). The lowest BCUT2D eigenvalue weighted by atomic mass is 10.0. The maximum atomic E-state index is 13.5. The van der Waals surface area contributed by atoms with Crippen molar-refractivity contribution in [3.05, 3.63) is 83.7 Å². The van der Waals surface area contributed by atoms with E-state index in [2.05, 4.69) is 25.5 Å². The number of rotatable bonds is 5. The molecule has 2 heterocycles. The molecule has 0 amide bonds. The minimum absolute atomic E-state index is 0.139. The van der Waals surface area contributed by atoms with Gasteiger partial charge in [-0.05, 0) is 54.6 Å². The summed E-state index contributed by atoms with van der Waals surface area (Å²) < 4.78 is 58.3. The molecular weight excluding hydrogens is 450 g/mol. The first-order valence-electron chi connectivity index (χ1n) is 10.3. The number of aliphatic imine (C=N–C) groups is 1. The molecule has 1 aromatic heterocycles. The number of nitrogens with zero attached hydrogens (tertiary/aromatic N) is 3. The van der Waals surface area contributed by atoms with E-state index in [0.717, 1.165) is 17.7 Å². The van der Waals surface area contributed by atoms with E-state index in [1.807, 2.05) is 0 Å². The van der Waals surface area contributed by atoms with Crippen LogP contribution in [0.5, 0.6) is 5.75 Å². The topological polar surface area (TPSA) is 75.2 Å². The number of benzene rings is 3. The number of ether oxygens (including phenoxy) is 1. The molecule has 10 heteroatoms. The van der Waals surface area contributed by atoms with E-state index in [-0.39, 0.29) is 23.6 Å². The Bertz CT molecular complexity index is 1350. The third kappa shape index (κ3) is 4.61. The van der Waals surface area contributed by atoms with Gasteiger partial charge in [0.2, 0.25) is 5.95 Å². The van der Waals surface area contributed by atoms with Crippen LogP contribution in [0.25, 0.3) is 11.4 Å². The lowest BCUT2D eigenvalue weighted by molar-refractivity contribution is -0.137. The monoisotopic (exact) mass is 467 g/mol. The molecule has 6 nitrogen and oxygen atoms in total. The smallest absolute Gasteiger partial charge is 0.416 e. The highest BCUT2D eigenvalue weighted by atomic mass is 19.4. The molecule has 0 radical (unpaired) electrons. The molecular formula is C24H17F4N5O. The van der Waals surface area contributed by atoms with Crippen LogP contribution < -0.4 is 10.1 Å². The summed E-state index contributed by atoms with van der Waals surface area (Å²) in [7, 11) is 0. The molecule has 3 aromatic carbocycles. The van der Waals surface area contributed by atoms with Crippen LogP contribution in [0.4, 0.5) is 34.9 Å². The molecule has 5 rings (SSSR count). The van der Waals surface area contributed by atoms with E-state index in [1.165, 1.54) is 24.3 Å². The van der Waals surface area contributed by atoms with Crippen LogP contribution >= 0.6 is 0 Å². The highest BCUT2D eigenvalue weighted by Gasteiger charge is 2.30. The summed E-state index contributed by atoms with van der Waals surface area (Å²) in [4.78, 5) is 8.52. The van der Waals surface area contributed by atoms with E-state index in [9.17, 15) is 17.6 Å². The number of halogens is 4. The Kier molecular flexibility index (Phi) is 5.48.